The highest BCUT2D eigenvalue weighted by molar-refractivity contribution is 5.95. The van der Waals surface area contributed by atoms with E-state index in [-0.39, 0.29) is 23.5 Å². The predicted octanol–water partition coefficient (Wildman–Crippen LogP) is 0.487. The predicted molar refractivity (Wildman–Crippen MR) is 69.9 cm³/mol. The summed E-state index contributed by atoms with van der Waals surface area (Å²) < 4.78 is 0. The van der Waals surface area contributed by atoms with Crippen LogP contribution in [0.1, 0.15) is 29.8 Å². The van der Waals surface area contributed by atoms with Crippen LogP contribution in [0.25, 0.3) is 0 Å². The van der Waals surface area contributed by atoms with Crippen LogP contribution in [0.2, 0.25) is 0 Å². The van der Waals surface area contributed by atoms with E-state index >= 15 is 0 Å². The molecular weight excluding hydrogens is 260 g/mol. The summed E-state index contributed by atoms with van der Waals surface area (Å²) in [5.41, 5.74) is 5.32. The number of aromatic nitrogens is 2. The van der Waals surface area contributed by atoms with Crippen LogP contribution in [0.5, 0.6) is 0 Å². The van der Waals surface area contributed by atoms with E-state index in [2.05, 4.69) is 15.3 Å². The number of nitrogens with zero attached hydrogens (tertiary/aromatic N) is 2. The van der Waals surface area contributed by atoms with Gasteiger partial charge in [-0.1, -0.05) is 0 Å². The lowest BCUT2D eigenvalue weighted by Gasteiger charge is -2.29. The third-order valence-corrected chi connectivity index (χ3v) is 4.44. The molecule has 106 valence electrons. The molecule has 2 aliphatic rings. The largest absolute Gasteiger partial charge is 0.481 e. The van der Waals surface area contributed by atoms with Crippen molar-refractivity contribution in [3.63, 3.8) is 0 Å². The summed E-state index contributed by atoms with van der Waals surface area (Å²) in [6.07, 6.45) is 5.74. The maximum atomic E-state index is 11.4. The van der Waals surface area contributed by atoms with Gasteiger partial charge < -0.3 is 16.2 Å². The van der Waals surface area contributed by atoms with Gasteiger partial charge in [-0.25, -0.2) is 9.97 Å². The third-order valence-electron chi connectivity index (χ3n) is 4.44. The van der Waals surface area contributed by atoms with E-state index in [4.69, 9.17) is 5.73 Å². The van der Waals surface area contributed by atoms with Gasteiger partial charge in [0.25, 0.3) is 5.91 Å². The summed E-state index contributed by atoms with van der Waals surface area (Å²) in [7, 11) is 0. The summed E-state index contributed by atoms with van der Waals surface area (Å²) in [6, 6.07) is -0.207. The molecule has 0 spiro atoms. The fourth-order valence-electron chi connectivity index (χ4n) is 3.64. The molecule has 1 aromatic rings. The normalized spacial score (nSPS) is 31.2. The molecule has 1 heterocycles. The minimum atomic E-state index is -0.792. The first-order valence-electron chi connectivity index (χ1n) is 6.68. The highest BCUT2D eigenvalue weighted by Gasteiger charge is 2.51. The molecule has 3 rings (SSSR count). The van der Waals surface area contributed by atoms with E-state index in [1.807, 2.05) is 0 Å². The van der Waals surface area contributed by atoms with Crippen molar-refractivity contribution < 1.29 is 14.7 Å². The van der Waals surface area contributed by atoms with Gasteiger partial charge in [0.1, 0.15) is 0 Å². The number of carboxylic acids is 1. The summed E-state index contributed by atoms with van der Waals surface area (Å²) >= 11 is 0. The number of carbonyl (C=O) groups excluding carboxylic acids is 1. The molecule has 4 atom stereocenters. The van der Waals surface area contributed by atoms with Crippen LogP contribution in [0.3, 0.4) is 0 Å². The summed E-state index contributed by atoms with van der Waals surface area (Å²) in [5.74, 6) is -1.09. The van der Waals surface area contributed by atoms with Crippen LogP contribution in [0.4, 0.5) is 5.82 Å². The van der Waals surface area contributed by atoms with Gasteiger partial charge in [-0.2, -0.15) is 0 Å². The Kier molecular flexibility index (Phi) is 3.04. The van der Waals surface area contributed by atoms with Crippen molar-refractivity contribution in [3.8, 4) is 0 Å². The van der Waals surface area contributed by atoms with Crippen molar-refractivity contribution in [1.29, 1.82) is 0 Å². The zero-order valence-corrected chi connectivity index (χ0v) is 10.8. The van der Waals surface area contributed by atoms with Gasteiger partial charge in [0.05, 0.1) is 5.92 Å². The Hall–Kier alpha value is -2.18. The van der Waals surface area contributed by atoms with Crippen molar-refractivity contribution in [2.45, 2.75) is 25.3 Å². The number of rotatable bonds is 4. The maximum Gasteiger partial charge on any atom is 0.308 e. The van der Waals surface area contributed by atoms with Crippen molar-refractivity contribution in [1.82, 2.24) is 9.97 Å². The van der Waals surface area contributed by atoms with Crippen molar-refractivity contribution in [2.24, 2.45) is 23.5 Å². The first-order chi connectivity index (χ1) is 9.58. The Labute approximate surface area is 115 Å². The van der Waals surface area contributed by atoms with E-state index in [1.54, 1.807) is 0 Å². The molecular formula is C13H16N4O3. The molecule has 0 aliphatic heterocycles. The molecule has 7 nitrogen and oxygen atoms in total. The smallest absolute Gasteiger partial charge is 0.308 e. The average molecular weight is 276 g/mol. The Bertz CT molecular complexity index is 562. The highest BCUT2D eigenvalue weighted by atomic mass is 16.4. The molecule has 2 bridgehead atoms. The summed E-state index contributed by atoms with van der Waals surface area (Å²) in [4.78, 5) is 30.8. The number of aliphatic carboxylic acids is 1. The maximum absolute atomic E-state index is 11.4. The van der Waals surface area contributed by atoms with Gasteiger partial charge in [-0.3, -0.25) is 9.59 Å². The van der Waals surface area contributed by atoms with Gasteiger partial charge in [0.2, 0.25) is 0 Å². The van der Waals surface area contributed by atoms with Crippen molar-refractivity contribution >= 4 is 17.7 Å². The van der Waals surface area contributed by atoms with Gasteiger partial charge in [0, 0.05) is 18.4 Å². The number of nitrogens with one attached hydrogen (secondary N) is 1. The van der Waals surface area contributed by atoms with Crippen molar-refractivity contribution in [3.05, 3.63) is 18.1 Å². The molecule has 2 aliphatic carbocycles. The second kappa shape index (κ2) is 4.73. The molecule has 0 radical (unpaired) electrons. The molecule has 2 saturated carbocycles. The first-order valence-corrected chi connectivity index (χ1v) is 6.68. The number of amides is 1. The van der Waals surface area contributed by atoms with Gasteiger partial charge >= 0.3 is 5.97 Å². The standard InChI is InChI=1S/C13H16N4O3/c14-11(18)10-12(16-4-3-15-10)17-9-7-2-1-6(5-7)8(9)13(19)20/h3-4,6-9H,1-2,5H2,(H2,14,18)(H,16,17)(H,19,20). The zero-order valence-electron chi connectivity index (χ0n) is 10.8. The van der Waals surface area contributed by atoms with Crippen LogP contribution in [-0.2, 0) is 4.79 Å². The average Bonchev–Trinajstić information content (AvgIpc) is 2.99. The molecule has 2 fully saturated rings. The van der Waals surface area contributed by atoms with Gasteiger partial charge in [-0.15, -0.1) is 0 Å². The third kappa shape index (κ3) is 1.99. The zero-order chi connectivity index (χ0) is 14.3. The highest BCUT2D eigenvalue weighted by Crippen LogP contribution is 2.49. The van der Waals surface area contributed by atoms with Gasteiger partial charge in [-0.05, 0) is 31.1 Å². The quantitative estimate of drug-likeness (QED) is 0.736. The fourth-order valence-corrected chi connectivity index (χ4v) is 3.64. The van der Waals surface area contributed by atoms with Crippen LogP contribution in [0, 0.1) is 17.8 Å². The van der Waals surface area contributed by atoms with E-state index in [9.17, 15) is 14.7 Å². The topological polar surface area (TPSA) is 118 Å². The van der Waals surface area contributed by atoms with Crippen molar-refractivity contribution in [2.75, 3.05) is 5.32 Å². The number of anilines is 1. The van der Waals surface area contributed by atoms with Crippen LogP contribution in [-0.4, -0.2) is 33.0 Å². The summed E-state index contributed by atoms with van der Waals surface area (Å²) in [6.45, 7) is 0. The number of hydrogen-bond donors (Lipinski definition) is 3. The van der Waals surface area contributed by atoms with Crippen LogP contribution in [0.15, 0.2) is 12.4 Å². The Morgan fingerprint density at radius 3 is 2.65 bits per heavy atom. The van der Waals surface area contributed by atoms with E-state index in [0.29, 0.717) is 5.92 Å². The Morgan fingerprint density at radius 1 is 1.25 bits per heavy atom. The Balaban J connectivity index is 1.87. The lowest BCUT2D eigenvalue weighted by molar-refractivity contribution is -0.143. The SMILES string of the molecule is NC(=O)c1nccnc1NC1C2CCC(C2)C1C(=O)O. The van der Waals surface area contributed by atoms with E-state index in [1.165, 1.54) is 12.4 Å². The molecule has 0 aromatic carbocycles. The number of nitrogens with two attached hydrogens (primary N) is 1. The molecule has 4 unspecified atom stereocenters. The number of carboxylic acid groups (broad SMARTS) is 1. The second-order valence-corrected chi connectivity index (χ2v) is 5.49. The van der Waals surface area contributed by atoms with Crippen LogP contribution < -0.4 is 11.1 Å². The molecule has 7 heteroatoms. The summed E-state index contributed by atoms with van der Waals surface area (Å²) in [5, 5.41) is 12.5. The molecule has 1 aromatic heterocycles. The molecule has 1 amide bonds. The minimum absolute atomic E-state index is 0.0550. The number of hydrogen-bond acceptors (Lipinski definition) is 5. The lowest BCUT2D eigenvalue weighted by atomic mass is 9.84. The first kappa shape index (κ1) is 12.8. The molecule has 0 saturated heterocycles. The number of primary amides is 1. The van der Waals surface area contributed by atoms with Gasteiger partial charge in [0.15, 0.2) is 11.5 Å². The number of carbonyl (C=O) groups is 2. The Morgan fingerprint density at radius 2 is 1.95 bits per heavy atom. The van der Waals surface area contributed by atoms with E-state index < -0.39 is 17.8 Å². The second-order valence-electron chi connectivity index (χ2n) is 5.49. The molecule has 4 N–H and O–H groups in total. The molecule has 20 heavy (non-hydrogen) atoms. The fraction of sp³-hybridized carbons (Fsp3) is 0.538. The lowest BCUT2D eigenvalue weighted by Crippen LogP contribution is -2.40. The number of fused-ring (bicyclic) bond motifs is 2. The van der Waals surface area contributed by atoms with E-state index in [0.717, 1.165) is 19.3 Å². The van der Waals surface area contributed by atoms with Crippen LogP contribution >= 0.6 is 0 Å². The minimum Gasteiger partial charge on any atom is -0.481 e. The monoisotopic (exact) mass is 276 g/mol.